The lowest BCUT2D eigenvalue weighted by molar-refractivity contribution is -0.148. The number of carbonyl (C=O) groups excluding carboxylic acids is 1. The van der Waals surface area contributed by atoms with Crippen LogP contribution in [-0.2, 0) is 22.6 Å². The lowest BCUT2D eigenvalue weighted by Crippen LogP contribution is -2.55. The number of hydrogen-bond acceptors (Lipinski definition) is 4. The minimum Gasteiger partial charge on any atom is -0.372 e. The van der Waals surface area contributed by atoms with E-state index in [4.69, 9.17) is 4.74 Å². The van der Waals surface area contributed by atoms with Gasteiger partial charge in [0, 0.05) is 38.6 Å². The van der Waals surface area contributed by atoms with E-state index >= 15 is 0 Å². The van der Waals surface area contributed by atoms with Gasteiger partial charge in [0.05, 0.1) is 24.8 Å². The summed E-state index contributed by atoms with van der Waals surface area (Å²) >= 11 is 0. The Labute approximate surface area is 125 Å². The Morgan fingerprint density at radius 2 is 2.05 bits per heavy atom. The lowest BCUT2D eigenvalue weighted by atomic mass is 10.1. The van der Waals surface area contributed by atoms with Gasteiger partial charge in [-0.1, -0.05) is 0 Å². The molecule has 0 spiro atoms. The molecule has 1 amide bonds. The van der Waals surface area contributed by atoms with Crippen molar-refractivity contribution in [2.75, 3.05) is 19.6 Å². The highest BCUT2D eigenvalue weighted by atomic mass is 16.5. The molecule has 0 N–H and O–H groups in total. The van der Waals surface area contributed by atoms with Crippen molar-refractivity contribution >= 4 is 5.91 Å². The zero-order valence-corrected chi connectivity index (χ0v) is 13.0. The van der Waals surface area contributed by atoms with Crippen LogP contribution in [0.15, 0.2) is 12.4 Å². The van der Waals surface area contributed by atoms with E-state index in [0.717, 1.165) is 25.5 Å². The van der Waals surface area contributed by atoms with E-state index in [0.29, 0.717) is 13.1 Å². The number of nitrogens with zero attached hydrogens (tertiary/aromatic N) is 4. The number of aromatic nitrogens is 2. The Hall–Kier alpha value is -1.40. The van der Waals surface area contributed by atoms with Crippen LogP contribution < -0.4 is 0 Å². The maximum Gasteiger partial charge on any atom is 0.239 e. The third kappa shape index (κ3) is 2.96. The van der Waals surface area contributed by atoms with Crippen LogP contribution in [-0.4, -0.2) is 63.1 Å². The first-order valence-corrected chi connectivity index (χ1v) is 7.73. The molecule has 1 fully saturated rings. The molecule has 116 valence electrons. The van der Waals surface area contributed by atoms with Crippen LogP contribution in [0, 0.1) is 0 Å². The summed E-state index contributed by atoms with van der Waals surface area (Å²) in [6.07, 6.45) is 4.07. The van der Waals surface area contributed by atoms with Crippen LogP contribution in [0.2, 0.25) is 0 Å². The van der Waals surface area contributed by atoms with Gasteiger partial charge in [-0.25, -0.2) is 4.98 Å². The fourth-order valence-electron chi connectivity index (χ4n) is 3.30. The molecule has 2 aliphatic heterocycles. The van der Waals surface area contributed by atoms with Crippen molar-refractivity contribution in [3.05, 3.63) is 18.2 Å². The highest BCUT2D eigenvalue weighted by Crippen LogP contribution is 2.17. The Balaban J connectivity index is 1.65. The predicted octanol–water partition coefficient (Wildman–Crippen LogP) is 0.723. The second-order valence-corrected chi connectivity index (χ2v) is 6.18. The molecule has 0 bridgehead atoms. The Kier molecular flexibility index (Phi) is 3.99. The zero-order chi connectivity index (χ0) is 15.0. The molecule has 1 saturated heterocycles. The molecule has 0 aliphatic carbocycles. The number of hydrogen-bond donors (Lipinski definition) is 0. The number of carbonyl (C=O) groups is 1. The molecule has 0 unspecified atom stereocenters. The molecule has 0 radical (unpaired) electrons. The Bertz CT molecular complexity index is 506. The van der Waals surface area contributed by atoms with Crippen molar-refractivity contribution in [3.8, 4) is 0 Å². The highest BCUT2D eigenvalue weighted by molar-refractivity contribution is 5.81. The Morgan fingerprint density at radius 3 is 2.76 bits per heavy atom. The molecule has 2 aliphatic rings. The fourth-order valence-corrected chi connectivity index (χ4v) is 3.30. The summed E-state index contributed by atoms with van der Waals surface area (Å²) < 4.78 is 7.87. The average molecular weight is 292 g/mol. The van der Waals surface area contributed by atoms with Gasteiger partial charge < -0.3 is 14.2 Å². The van der Waals surface area contributed by atoms with Gasteiger partial charge in [0.1, 0.15) is 5.82 Å². The largest absolute Gasteiger partial charge is 0.372 e. The van der Waals surface area contributed by atoms with Crippen LogP contribution in [0.4, 0.5) is 0 Å². The molecule has 6 nitrogen and oxygen atoms in total. The summed E-state index contributed by atoms with van der Waals surface area (Å²) in [5.41, 5.74) is 0. The first-order chi connectivity index (χ1) is 10.0. The average Bonchev–Trinajstić information content (AvgIpc) is 2.92. The Morgan fingerprint density at radius 1 is 1.33 bits per heavy atom. The third-order valence-corrected chi connectivity index (χ3v) is 4.41. The summed E-state index contributed by atoms with van der Waals surface area (Å²) in [5, 5.41) is 0. The molecule has 3 rings (SSSR count). The van der Waals surface area contributed by atoms with Gasteiger partial charge in [-0.15, -0.1) is 0 Å². The van der Waals surface area contributed by atoms with Crippen LogP contribution in [0.5, 0.6) is 0 Å². The monoisotopic (exact) mass is 292 g/mol. The van der Waals surface area contributed by atoms with E-state index in [1.165, 1.54) is 0 Å². The summed E-state index contributed by atoms with van der Waals surface area (Å²) in [6, 6.07) is -0.104. The normalized spacial score (nSPS) is 28.2. The zero-order valence-electron chi connectivity index (χ0n) is 13.0. The number of imidazole rings is 1. The highest BCUT2D eigenvalue weighted by Gasteiger charge is 2.32. The molecule has 3 heterocycles. The molecule has 1 aromatic heterocycles. The number of fused-ring (bicyclic) bond motifs is 1. The van der Waals surface area contributed by atoms with Gasteiger partial charge in [0.25, 0.3) is 0 Å². The third-order valence-electron chi connectivity index (χ3n) is 4.41. The number of morpholine rings is 1. The van der Waals surface area contributed by atoms with Gasteiger partial charge in [-0.05, 0) is 20.8 Å². The van der Waals surface area contributed by atoms with E-state index in [-0.39, 0.29) is 24.2 Å². The summed E-state index contributed by atoms with van der Waals surface area (Å²) in [5.74, 6) is 1.25. The maximum atomic E-state index is 12.7. The SMILES string of the molecule is C[C@@H]1CN(C(=O)[C@@H](C)N2CCn3ccnc3C2)C[C@@H](C)O1. The quantitative estimate of drug-likeness (QED) is 0.806. The van der Waals surface area contributed by atoms with Gasteiger partial charge >= 0.3 is 0 Å². The predicted molar refractivity (Wildman–Crippen MR) is 78.7 cm³/mol. The molecule has 6 heteroatoms. The van der Waals surface area contributed by atoms with Gasteiger partial charge in [0.15, 0.2) is 0 Å². The van der Waals surface area contributed by atoms with Gasteiger partial charge in [0.2, 0.25) is 5.91 Å². The fraction of sp³-hybridized carbons (Fsp3) is 0.733. The van der Waals surface area contributed by atoms with Crippen LogP contribution in [0.1, 0.15) is 26.6 Å². The first kappa shape index (κ1) is 14.5. The topological polar surface area (TPSA) is 50.6 Å². The summed E-state index contributed by atoms with van der Waals surface area (Å²) in [6.45, 7) is 9.98. The number of amides is 1. The smallest absolute Gasteiger partial charge is 0.239 e. The summed E-state index contributed by atoms with van der Waals surface area (Å²) in [4.78, 5) is 21.3. The minimum atomic E-state index is -0.104. The van der Waals surface area contributed by atoms with Crippen molar-refractivity contribution in [2.45, 2.75) is 52.1 Å². The molecular formula is C15H24N4O2. The molecule has 21 heavy (non-hydrogen) atoms. The van der Waals surface area contributed by atoms with E-state index in [1.807, 2.05) is 38.1 Å². The van der Waals surface area contributed by atoms with E-state index in [2.05, 4.69) is 14.5 Å². The van der Waals surface area contributed by atoms with Crippen LogP contribution in [0.25, 0.3) is 0 Å². The molecule has 1 aromatic rings. The number of rotatable bonds is 2. The first-order valence-electron chi connectivity index (χ1n) is 7.73. The van der Waals surface area contributed by atoms with Crippen molar-refractivity contribution in [1.29, 1.82) is 0 Å². The van der Waals surface area contributed by atoms with Crippen molar-refractivity contribution in [2.24, 2.45) is 0 Å². The molecule has 0 aromatic carbocycles. The molecule has 0 saturated carbocycles. The van der Waals surface area contributed by atoms with Gasteiger partial charge in [-0.3, -0.25) is 9.69 Å². The number of ether oxygens (including phenoxy) is 1. The van der Waals surface area contributed by atoms with Crippen LogP contribution in [0.3, 0.4) is 0 Å². The van der Waals surface area contributed by atoms with E-state index in [9.17, 15) is 4.79 Å². The van der Waals surface area contributed by atoms with E-state index in [1.54, 1.807) is 0 Å². The lowest BCUT2D eigenvalue weighted by Gasteiger charge is -2.39. The molecule has 3 atom stereocenters. The molecular weight excluding hydrogens is 268 g/mol. The van der Waals surface area contributed by atoms with Gasteiger partial charge in [-0.2, -0.15) is 0 Å². The minimum absolute atomic E-state index is 0.104. The van der Waals surface area contributed by atoms with Crippen molar-refractivity contribution in [3.63, 3.8) is 0 Å². The van der Waals surface area contributed by atoms with Crippen molar-refractivity contribution < 1.29 is 9.53 Å². The standard InChI is InChI=1S/C15H24N4O2/c1-11-8-19(9-12(2)21-11)15(20)13(3)18-7-6-17-5-4-16-14(17)10-18/h4-5,11-13H,6-10H2,1-3H3/t11-,12-,13-/m1/s1. The second kappa shape index (κ2) is 5.77. The van der Waals surface area contributed by atoms with Crippen LogP contribution >= 0.6 is 0 Å². The van der Waals surface area contributed by atoms with E-state index < -0.39 is 0 Å². The maximum absolute atomic E-state index is 12.7. The second-order valence-electron chi connectivity index (χ2n) is 6.18. The summed E-state index contributed by atoms with van der Waals surface area (Å²) in [7, 11) is 0. The van der Waals surface area contributed by atoms with Crippen molar-refractivity contribution in [1.82, 2.24) is 19.4 Å².